The molecule has 0 atom stereocenters. The van der Waals surface area contributed by atoms with Gasteiger partial charge in [-0.15, -0.1) is 0 Å². The Labute approximate surface area is 109 Å². The van der Waals surface area contributed by atoms with Crippen molar-refractivity contribution in [2.75, 3.05) is 0 Å². The quantitative estimate of drug-likeness (QED) is 0.821. The third kappa shape index (κ3) is 2.21. The molecule has 1 aliphatic heterocycles. The van der Waals surface area contributed by atoms with Crippen molar-refractivity contribution in [2.24, 2.45) is 4.99 Å². The lowest BCUT2D eigenvalue weighted by Crippen LogP contribution is -2.01. The van der Waals surface area contributed by atoms with E-state index in [0.717, 1.165) is 16.8 Å². The summed E-state index contributed by atoms with van der Waals surface area (Å²) in [6.07, 6.45) is 3.84. The molecule has 86 valence electrons. The summed E-state index contributed by atoms with van der Waals surface area (Å²) >= 11 is 11.9. The summed E-state index contributed by atoms with van der Waals surface area (Å²) < 4.78 is 1.89. The molecule has 1 aromatic heterocycles. The molecule has 0 aliphatic carbocycles. The normalized spacial score (nSPS) is 13.1. The molecule has 3 nitrogen and oxygen atoms in total. The Kier molecular flexibility index (Phi) is 2.65. The maximum Gasteiger partial charge on any atom is 0.0926 e. The monoisotopic (exact) mass is 265 g/mol. The average molecular weight is 266 g/mol. The zero-order valence-corrected chi connectivity index (χ0v) is 10.4. The highest BCUT2D eigenvalue weighted by Gasteiger charge is 2.11. The molecular weight excluding hydrogens is 257 g/mol. The number of halogens is 2. The van der Waals surface area contributed by atoms with Crippen molar-refractivity contribution in [2.45, 2.75) is 13.1 Å². The Morgan fingerprint density at radius 2 is 1.94 bits per heavy atom. The van der Waals surface area contributed by atoms with Gasteiger partial charge in [-0.2, -0.15) is 5.10 Å². The Hall–Kier alpha value is -1.32. The van der Waals surface area contributed by atoms with Crippen LogP contribution in [-0.2, 0) is 13.1 Å². The van der Waals surface area contributed by atoms with Gasteiger partial charge in [0.15, 0.2) is 0 Å². The van der Waals surface area contributed by atoms with Crippen LogP contribution in [-0.4, -0.2) is 16.0 Å². The van der Waals surface area contributed by atoms with E-state index in [1.807, 2.05) is 29.2 Å². The predicted octanol–water partition coefficient (Wildman–Crippen LogP) is 3.17. The maximum absolute atomic E-state index is 5.96. The maximum atomic E-state index is 5.96. The van der Waals surface area contributed by atoms with Gasteiger partial charge >= 0.3 is 0 Å². The molecule has 0 spiro atoms. The van der Waals surface area contributed by atoms with Crippen LogP contribution in [0.5, 0.6) is 0 Å². The van der Waals surface area contributed by atoms with Crippen LogP contribution < -0.4 is 0 Å². The molecule has 0 unspecified atom stereocenters. The summed E-state index contributed by atoms with van der Waals surface area (Å²) in [5.41, 5.74) is 3.16. The molecule has 0 bridgehead atoms. The summed E-state index contributed by atoms with van der Waals surface area (Å²) in [7, 11) is 0. The van der Waals surface area contributed by atoms with Crippen LogP contribution in [0.1, 0.15) is 16.8 Å². The average Bonchev–Trinajstić information content (AvgIpc) is 2.75. The van der Waals surface area contributed by atoms with E-state index >= 15 is 0 Å². The molecule has 1 aromatic carbocycles. The van der Waals surface area contributed by atoms with Crippen molar-refractivity contribution in [3.8, 4) is 0 Å². The highest BCUT2D eigenvalue weighted by atomic mass is 35.5. The molecule has 0 radical (unpaired) electrons. The van der Waals surface area contributed by atoms with Crippen molar-refractivity contribution in [1.82, 2.24) is 9.78 Å². The molecule has 0 amide bonds. The third-order valence-corrected chi connectivity index (χ3v) is 3.05. The number of rotatable bonds is 2. The zero-order valence-electron chi connectivity index (χ0n) is 8.90. The van der Waals surface area contributed by atoms with Crippen LogP contribution in [0.4, 0.5) is 0 Å². The first-order chi connectivity index (χ1) is 8.20. The first-order valence-electron chi connectivity index (χ1n) is 5.22. The van der Waals surface area contributed by atoms with Crippen LogP contribution in [0.15, 0.2) is 29.4 Å². The van der Waals surface area contributed by atoms with Gasteiger partial charge in [-0.3, -0.25) is 9.67 Å². The topological polar surface area (TPSA) is 30.2 Å². The molecule has 1 aliphatic rings. The highest BCUT2D eigenvalue weighted by Crippen LogP contribution is 2.20. The third-order valence-electron chi connectivity index (χ3n) is 2.61. The van der Waals surface area contributed by atoms with Gasteiger partial charge in [0.05, 0.1) is 18.8 Å². The van der Waals surface area contributed by atoms with E-state index in [0.29, 0.717) is 23.1 Å². The fourth-order valence-corrected chi connectivity index (χ4v) is 2.48. The van der Waals surface area contributed by atoms with E-state index in [2.05, 4.69) is 10.1 Å². The molecule has 3 rings (SSSR count). The minimum atomic E-state index is 0.647. The fourth-order valence-electron chi connectivity index (χ4n) is 1.91. The van der Waals surface area contributed by atoms with Gasteiger partial charge in [-0.25, -0.2) is 0 Å². The number of aliphatic imine (C=N–C) groups is 1. The van der Waals surface area contributed by atoms with E-state index in [1.165, 1.54) is 0 Å². The van der Waals surface area contributed by atoms with E-state index in [4.69, 9.17) is 23.2 Å². The highest BCUT2D eigenvalue weighted by molar-refractivity contribution is 6.34. The molecule has 17 heavy (non-hydrogen) atoms. The lowest BCUT2D eigenvalue weighted by Gasteiger charge is -2.03. The standard InChI is InChI=1S/C12H9Cl2N3/c13-10-1-8(2-11(14)3-10)6-17-7-9-4-15-5-12(9)16-17/h1-4,7H,5-6H2. The number of nitrogens with zero attached hydrogens (tertiary/aromatic N) is 3. The van der Waals surface area contributed by atoms with Gasteiger partial charge in [0.2, 0.25) is 0 Å². The van der Waals surface area contributed by atoms with Crippen molar-refractivity contribution in [1.29, 1.82) is 0 Å². The van der Waals surface area contributed by atoms with Crippen molar-refractivity contribution >= 4 is 29.4 Å². The van der Waals surface area contributed by atoms with E-state index in [-0.39, 0.29) is 0 Å². The number of hydrogen-bond acceptors (Lipinski definition) is 2. The Morgan fingerprint density at radius 1 is 1.18 bits per heavy atom. The second kappa shape index (κ2) is 4.17. The molecule has 0 saturated carbocycles. The van der Waals surface area contributed by atoms with Crippen LogP contribution in [0.3, 0.4) is 0 Å². The smallest absolute Gasteiger partial charge is 0.0926 e. The Balaban J connectivity index is 1.88. The largest absolute Gasteiger partial charge is 0.286 e. The van der Waals surface area contributed by atoms with Gasteiger partial charge in [-0.05, 0) is 23.8 Å². The molecular formula is C12H9Cl2N3. The molecule has 0 saturated heterocycles. The summed E-state index contributed by atoms with van der Waals surface area (Å²) in [6.45, 7) is 1.35. The second-order valence-electron chi connectivity index (χ2n) is 3.98. The van der Waals surface area contributed by atoms with E-state index < -0.39 is 0 Å². The summed E-state index contributed by atoms with van der Waals surface area (Å²) in [6, 6.07) is 5.52. The lowest BCUT2D eigenvalue weighted by molar-refractivity contribution is 0.672. The van der Waals surface area contributed by atoms with E-state index in [9.17, 15) is 0 Å². The fraction of sp³-hybridized carbons (Fsp3) is 0.167. The first-order valence-corrected chi connectivity index (χ1v) is 5.97. The summed E-state index contributed by atoms with van der Waals surface area (Å²) in [5.74, 6) is 0. The van der Waals surface area contributed by atoms with Crippen molar-refractivity contribution in [3.05, 3.63) is 51.3 Å². The molecule has 5 heteroatoms. The van der Waals surface area contributed by atoms with Crippen LogP contribution in [0.25, 0.3) is 0 Å². The van der Waals surface area contributed by atoms with Gasteiger partial charge in [0.25, 0.3) is 0 Å². The minimum absolute atomic E-state index is 0.647. The molecule has 0 fully saturated rings. The molecule has 2 heterocycles. The van der Waals surface area contributed by atoms with Crippen LogP contribution >= 0.6 is 23.2 Å². The number of hydrogen-bond donors (Lipinski definition) is 0. The molecule has 0 N–H and O–H groups in total. The van der Waals surface area contributed by atoms with Crippen molar-refractivity contribution < 1.29 is 0 Å². The minimum Gasteiger partial charge on any atom is -0.286 e. The number of aromatic nitrogens is 2. The zero-order chi connectivity index (χ0) is 11.8. The van der Waals surface area contributed by atoms with Gasteiger partial charge in [0.1, 0.15) is 0 Å². The number of fused-ring (bicyclic) bond motifs is 1. The summed E-state index contributed by atoms with van der Waals surface area (Å²) in [4.78, 5) is 4.14. The molecule has 2 aromatic rings. The van der Waals surface area contributed by atoms with Crippen molar-refractivity contribution in [3.63, 3.8) is 0 Å². The SMILES string of the molecule is Clc1cc(Cl)cc(Cn2cc3c(n2)CN=C3)c1. The predicted molar refractivity (Wildman–Crippen MR) is 69.1 cm³/mol. The van der Waals surface area contributed by atoms with Gasteiger partial charge in [-0.1, -0.05) is 23.2 Å². The van der Waals surface area contributed by atoms with E-state index in [1.54, 1.807) is 6.07 Å². The Bertz CT molecular complexity index is 582. The first kappa shape index (κ1) is 10.8. The lowest BCUT2D eigenvalue weighted by atomic mass is 10.2. The Morgan fingerprint density at radius 3 is 2.65 bits per heavy atom. The van der Waals surface area contributed by atoms with Gasteiger partial charge in [0, 0.05) is 28.0 Å². The second-order valence-corrected chi connectivity index (χ2v) is 4.85. The number of benzene rings is 1. The van der Waals surface area contributed by atoms with Crippen LogP contribution in [0.2, 0.25) is 10.0 Å². The summed E-state index contributed by atoms with van der Waals surface area (Å²) in [5, 5.41) is 5.74. The van der Waals surface area contributed by atoms with Gasteiger partial charge < -0.3 is 0 Å². The van der Waals surface area contributed by atoms with Crippen LogP contribution in [0, 0.1) is 0 Å².